The highest BCUT2D eigenvalue weighted by Gasteiger charge is 2.23. The molecular formula is C10H20N2O5. The molecule has 0 bridgehead atoms. The highest BCUT2D eigenvalue weighted by Crippen LogP contribution is 2.06. The normalized spacial score (nSPS) is 12.9. The molecule has 0 spiro atoms. The van der Waals surface area contributed by atoms with Gasteiger partial charge in [-0.2, -0.15) is 0 Å². The third-order valence-electron chi connectivity index (χ3n) is 1.54. The molecule has 0 radical (unpaired) electrons. The first kappa shape index (κ1) is 15.7. The molecule has 100 valence electrons. The maximum absolute atomic E-state index is 11.3. The summed E-state index contributed by atoms with van der Waals surface area (Å²) in [5.41, 5.74) is 4.52. The van der Waals surface area contributed by atoms with Crippen molar-refractivity contribution in [3.8, 4) is 0 Å². The summed E-state index contributed by atoms with van der Waals surface area (Å²) in [6, 6.07) is -1.14. The summed E-state index contributed by atoms with van der Waals surface area (Å²) in [6.07, 6.45) is -0.791. The van der Waals surface area contributed by atoms with Crippen LogP contribution in [-0.2, 0) is 14.3 Å². The fraction of sp³-hybridized carbons (Fsp3) is 0.800. The lowest BCUT2D eigenvalue weighted by molar-refractivity contribution is -0.141. The highest BCUT2D eigenvalue weighted by atomic mass is 16.6. The van der Waals surface area contributed by atoms with Gasteiger partial charge in [0.2, 0.25) is 0 Å². The van der Waals surface area contributed by atoms with E-state index in [9.17, 15) is 9.59 Å². The predicted octanol–water partition coefficient (Wildman–Crippen LogP) is -0.0604. The minimum Gasteiger partial charge on any atom is -0.480 e. The van der Waals surface area contributed by atoms with Gasteiger partial charge in [-0.05, 0) is 20.8 Å². The number of carboxylic acid groups (broad SMARTS) is 1. The Kier molecular flexibility index (Phi) is 6.52. The second kappa shape index (κ2) is 7.08. The van der Waals surface area contributed by atoms with Gasteiger partial charge in [-0.1, -0.05) is 0 Å². The summed E-state index contributed by atoms with van der Waals surface area (Å²) in [5.74, 6) is -1.19. The Morgan fingerprint density at radius 2 is 2.00 bits per heavy atom. The molecule has 1 atom stereocenters. The van der Waals surface area contributed by atoms with E-state index in [4.69, 9.17) is 20.3 Å². The van der Waals surface area contributed by atoms with E-state index in [-0.39, 0.29) is 13.2 Å². The van der Waals surface area contributed by atoms with Gasteiger partial charge in [-0.3, -0.25) is 0 Å². The first-order chi connectivity index (χ1) is 7.76. The Hall–Kier alpha value is -1.34. The molecule has 0 aliphatic heterocycles. The van der Waals surface area contributed by atoms with Gasteiger partial charge in [0.05, 0.1) is 13.2 Å². The number of carboxylic acids is 1. The zero-order valence-corrected chi connectivity index (χ0v) is 10.4. The number of carbonyl (C=O) groups is 2. The number of ether oxygens (including phenoxy) is 2. The average Bonchev–Trinajstić information content (AvgIpc) is 2.13. The number of nitrogens with one attached hydrogen (secondary N) is 1. The topological polar surface area (TPSA) is 111 Å². The standard InChI is InChI=1S/C10H20N2O5/c1-10(2,3)17-9(15)12-7(8(13)14)6-16-5-4-11/h7H,4-6,11H2,1-3H3,(H,12,15)(H,13,14)/t7-/m0/s1. The number of rotatable bonds is 6. The third kappa shape index (κ3) is 8.47. The minimum absolute atomic E-state index is 0.147. The smallest absolute Gasteiger partial charge is 0.408 e. The van der Waals surface area contributed by atoms with E-state index in [1.54, 1.807) is 20.8 Å². The Balaban J connectivity index is 4.16. The maximum Gasteiger partial charge on any atom is 0.408 e. The van der Waals surface area contributed by atoms with Gasteiger partial charge >= 0.3 is 12.1 Å². The van der Waals surface area contributed by atoms with Crippen LogP contribution >= 0.6 is 0 Å². The van der Waals surface area contributed by atoms with Gasteiger partial charge in [0, 0.05) is 6.54 Å². The predicted molar refractivity (Wildman–Crippen MR) is 60.7 cm³/mol. The first-order valence-electron chi connectivity index (χ1n) is 5.26. The summed E-state index contributed by atoms with van der Waals surface area (Å²) in [5, 5.41) is 11.0. The van der Waals surface area contributed by atoms with Gasteiger partial charge in [-0.15, -0.1) is 0 Å². The number of aliphatic carboxylic acids is 1. The van der Waals surface area contributed by atoms with Gasteiger partial charge in [0.1, 0.15) is 5.60 Å². The molecule has 1 amide bonds. The second-order valence-corrected chi connectivity index (χ2v) is 4.40. The van der Waals surface area contributed by atoms with Crippen molar-refractivity contribution in [3.63, 3.8) is 0 Å². The molecule has 17 heavy (non-hydrogen) atoms. The van der Waals surface area contributed by atoms with Crippen LogP contribution in [-0.4, -0.2) is 48.6 Å². The molecular weight excluding hydrogens is 228 g/mol. The lowest BCUT2D eigenvalue weighted by Gasteiger charge is -2.21. The molecule has 0 heterocycles. The number of alkyl carbamates (subject to hydrolysis) is 1. The van der Waals surface area contributed by atoms with Crippen LogP contribution in [0.4, 0.5) is 4.79 Å². The Labute approximate surface area is 100 Å². The summed E-state index contributed by atoms with van der Waals surface area (Å²) >= 11 is 0. The van der Waals surface area contributed by atoms with E-state index in [0.29, 0.717) is 6.54 Å². The van der Waals surface area contributed by atoms with Crippen molar-refractivity contribution in [1.82, 2.24) is 5.32 Å². The lowest BCUT2D eigenvalue weighted by atomic mass is 10.2. The Morgan fingerprint density at radius 1 is 1.41 bits per heavy atom. The molecule has 0 aliphatic carbocycles. The summed E-state index contributed by atoms with van der Waals surface area (Å²) < 4.78 is 9.89. The SMILES string of the molecule is CC(C)(C)OC(=O)N[C@@H](COCCN)C(=O)O. The van der Waals surface area contributed by atoms with Crippen LogP contribution in [0.3, 0.4) is 0 Å². The van der Waals surface area contributed by atoms with Crippen LogP contribution in [0.25, 0.3) is 0 Å². The summed E-state index contributed by atoms with van der Waals surface area (Å²) in [6.45, 7) is 5.44. The number of amides is 1. The number of carbonyl (C=O) groups excluding carboxylic acids is 1. The van der Waals surface area contributed by atoms with E-state index in [1.165, 1.54) is 0 Å². The largest absolute Gasteiger partial charge is 0.480 e. The fourth-order valence-corrected chi connectivity index (χ4v) is 0.909. The Bertz CT molecular complexity index is 262. The quantitative estimate of drug-likeness (QED) is 0.568. The monoisotopic (exact) mass is 248 g/mol. The molecule has 0 saturated heterocycles. The van der Waals surface area contributed by atoms with Crippen molar-refractivity contribution in [2.75, 3.05) is 19.8 Å². The first-order valence-corrected chi connectivity index (χ1v) is 5.26. The average molecular weight is 248 g/mol. The molecule has 7 nitrogen and oxygen atoms in total. The van der Waals surface area contributed by atoms with E-state index >= 15 is 0 Å². The van der Waals surface area contributed by atoms with E-state index in [0.717, 1.165) is 0 Å². The molecule has 7 heteroatoms. The van der Waals surface area contributed by atoms with Crippen LogP contribution in [0, 0.1) is 0 Å². The van der Waals surface area contributed by atoms with Gasteiger partial charge < -0.3 is 25.6 Å². The van der Waals surface area contributed by atoms with Crippen molar-refractivity contribution < 1.29 is 24.2 Å². The zero-order valence-electron chi connectivity index (χ0n) is 10.4. The third-order valence-corrected chi connectivity index (χ3v) is 1.54. The molecule has 0 unspecified atom stereocenters. The van der Waals surface area contributed by atoms with Crippen LogP contribution in [0.1, 0.15) is 20.8 Å². The summed E-state index contributed by atoms with van der Waals surface area (Å²) in [4.78, 5) is 22.1. The Morgan fingerprint density at radius 3 is 2.41 bits per heavy atom. The molecule has 0 fully saturated rings. The van der Waals surface area contributed by atoms with E-state index < -0.39 is 23.7 Å². The zero-order chi connectivity index (χ0) is 13.5. The van der Waals surface area contributed by atoms with Crippen LogP contribution in [0.15, 0.2) is 0 Å². The molecule has 0 rings (SSSR count). The van der Waals surface area contributed by atoms with Crippen molar-refractivity contribution >= 4 is 12.1 Å². The van der Waals surface area contributed by atoms with E-state index in [1.807, 2.05) is 0 Å². The van der Waals surface area contributed by atoms with Crippen molar-refractivity contribution in [1.29, 1.82) is 0 Å². The van der Waals surface area contributed by atoms with Gasteiger partial charge in [0.25, 0.3) is 0 Å². The molecule has 0 aromatic rings. The van der Waals surface area contributed by atoms with E-state index in [2.05, 4.69) is 5.32 Å². The van der Waals surface area contributed by atoms with Gasteiger partial charge in [-0.25, -0.2) is 9.59 Å². The number of nitrogens with two attached hydrogens (primary N) is 1. The lowest BCUT2D eigenvalue weighted by Crippen LogP contribution is -2.46. The van der Waals surface area contributed by atoms with Crippen LogP contribution < -0.4 is 11.1 Å². The number of hydrogen-bond acceptors (Lipinski definition) is 5. The molecule has 4 N–H and O–H groups in total. The molecule has 0 aromatic carbocycles. The molecule has 0 saturated carbocycles. The second-order valence-electron chi connectivity index (χ2n) is 4.40. The minimum atomic E-state index is -1.19. The van der Waals surface area contributed by atoms with Crippen molar-refractivity contribution in [2.45, 2.75) is 32.4 Å². The van der Waals surface area contributed by atoms with Gasteiger partial charge in [0.15, 0.2) is 6.04 Å². The molecule has 0 aliphatic rings. The summed E-state index contributed by atoms with van der Waals surface area (Å²) in [7, 11) is 0. The van der Waals surface area contributed by atoms with Crippen molar-refractivity contribution in [3.05, 3.63) is 0 Å². The van der Waals surface area contributed by atoms with Crippen LogP contribution in [0.5, 0.6) is 0 Å². The van der Waals surface area contributed by atoms with Crippen LogP contribution in [0.2, 0.25) is 0 Å². The fourth-order valence-electron chi connectivity index (χ4n) is 0.909. The maximum atomic E-state index is 11.3. The highest BCUT2D eigenvalue weighted by molar-refractivity contribution is 5.80. The number of hydrogen-bond donors (Lipinski definition) is 3. The van der Waals surface area contributed by atoms with Crippen molar-refractivity contribution in [2.24, 2.45) is 5.73 Å². The molecule has 0 aromatic heterocycles.